The number of Topliss-reactive ketones (excluding diaryl/α,β-unsaturated/α-hetero) is 1. The predicted molar refractivity (Wildman–Crippen MR) is 71.1 cm³/mol. The van der Waals surface area contributed by atoms with Crippen LogP contribution in [0, 0.1) is 11.8 Å². The molecular weight excluding hydrogens is 278 g/mol. The molecule has 1 fully saturated rings. The molecule has 0 bridgehead atoms. The molecule has 0 spiro atoms. The number of ether oxygens (including phenoxy) is 1. The van der Waals surface area contributed by atoms with E-state index in [1.165, 1.54) is 19.9 Å². The zero-order chi connectivity index (χ0) is 16.2. The summed E-state index contributed by atoms with van der Waals surface area (Å²) >= 11 is 0. The summed E-state index contributed by atoms with van der Waals surface area (Å²) in [6.07, 6.45) is 0.373. The molecule has 1 saturated heterocycles. The molecule has 1 amide bonds. The molecular formula is C13H17N3O5. The third-order valence-electron chi connectivity index (χ3n) is 3.33. The minimum Gasteiger partial charge on any atom is -0.453 e. The molecule has 1 heterocycles. The summed E-state index contributed by atoms with van der Waals surface area (Å²) < 4.78 is 4.64. The van der Waals surface area contributed by atoms with Crippen molar-refractivity contribution < 1.29 is 29.0 Å². The number of carbonyl (C=O) groups is 3. The summed E-state index contributed by atoms with van der Waals surface area (Å²) in [5.41, 5.74) is 8.06. The van der Waals surface area contributed by atoms with Crippen LogP contribution < -0.4 is 5.32 Å². The highest BCUT2D eigenvalue weighted by Crippen LogP contribution is 2.26. The lowest BCUT2D eigenvalue weighted by Gasteiger charge is -2.40. The Bertz CT molecular complexity index is 522. The van der Waals surface area contributed by atoms with Gasteiger partial charge in [0.25, 0.3) is 5.78 Å². The van der Waals surface area contributed by atoms with Crippen molar-refractivity contribution in [3.05, 3.63) is 18.2 Å². The number of hydrogen-bond acceptors (Lipinski definition) is 5. The van der Waals surface area contributed by atoms with Gasteiger partial charge in [-0.1, -0.05) is 19.6 Å². The summed E-state index contributed by atoms with van der Waals surface area (Å²) in [6.45, 7) is 6.12. The summed E-state index contributed by atoms with van der Waals surface area (Å²) in [7, 11) is 0. The number of amides is 1. The van der Waals surface area contributed by atoms with E-state index in [1.807, 2.05) is 0 Å². The van der Waals surface area contributed by atoms with Crippen molar-refractivity contribution in [3.63, 3.8) is 0 Å². The van der Waals surface area contributed by atoms with Crippen LogP contribution in [0.3, 0.4) is 0 Å². The zero-order valence-corrected chi connectivity index (χ0v) is 11.8. The van der Waals surface area contributed by atoms with Gasteiger partial charge in [-0.25, -0.2) is 4.79 Å². The first-order valence-corrected chi connectivity index (χ1v) is 6.37. The van der Waals surface area contributed by atoms with Crippen LogP contribution in [0.25, 0.3) is 5.53 Å². The molecule has 114 valence electrons. The Morgan fingerprint density at radius 3 is 2.62 bits per heavy atom. The van der Waals surface area contributed by atoms with E-state index < -0.39 is 41.4 Å². The molecule has 21 heavy (non-hydrogen) atoms. The molecule has 0 aromatic rings. The summed E-state index contributed by atoms with van der Waals surface area (Å²) in [6, 6.07) is -0.631. The number of rotatable bonds is 7. The van der Waals surface area contributed by atoms with Crippen LogP contribution in [-0.2, 0) is 19.1 Å². The highest BCUT2D eigenvalue weighted by molar-refractivity contribution is 6.62. The highest BCUT2D eigenvalue weighted by Gasteiger charge is 2.50. The van der Waals surface area contributed by atoms with E-state index in [1.54, 1.807) is 0 Å². The van der Waals surface area contributed by atoms with Gasteiger partial charge in [0.15, 0.2) is 0 Å². The summed E-state index contributed by atoms with van der Waals surface area (Å²) in [4.78, 5) is 37.7. The van der Waals surface area contributed by atoms with E-state index in [2.05, 4.69) is 21.4 Å². The Morgan fingerprint density at radius 2 is 2.19 bits per heavy atom. The molecule has 1 aliphatic rings. The van der Waals surface area contributed by atoms with Gasteiger partial charge < -0.3 is 20.7 Å². The Hall–Kier alpha value is -2.31. The van der Waals surface area contributed by atoms with Gasteiger partial charge in [-0.2, -0.15) is 4.79 Å². The number of carbonyl (C=O) groups excluding carboxylic acids is 3. The van der Waals surface area contributed by atoms with Gasteiger partial charge in [0, 0.05) is 5.92 Å². The van der Waals surface area contributed by atoms with Gasteiger partial charge >= 0.3 is 11.7 Å². The van der Waals surface area contributed by atoms with Crippen LogP contribution in [0.4, 0.5) is 0 Å². The van der Waals surface area contributed by atoms with E-state index in [4.69, 9.17) is 5.53 Å². The number of aliphatic hydroxyl groups excluding tert-OH is 1. The van der Waals surface area contributed by atoms with Crippen LogP contribution in [-0.4, -0.2) is 52.0 Å². The maximum absolute atomic E-state index is 12.1. The lowest BCUT2D eigenvalue weighted by molar-refractivity contribution is -0.145. The number of nitrogens with zero attached hydrogens (tertiary/aromatic N) is 2. The van der Waals surface area contributed by atoms with Crippen LogP contribution in [0.1, 0.15) is 13.8 Å². The quantitative estimate of drug-likeness (QED) is 0.119. The molecule has 2 N–H and O–H groups in total. The Labute approximate surface area is 121 Å². The Balaban J connectivity index is 2.82. The average Bonchev–Trinajstić information content (AvgIpc) is 2.41. The van der Waals surface area contributed by atoms with Crippen molar-refractivity contribution in [1.82, 2.24) is 5.32 Å². The van der Waals surface area contributed by atoms with Crippen LogP contribution in [0.15, 0.2) is 12.7 Å². The smallest absolute Gasteiger partial charge is 0.441 e. The van der Waals surface area contributed by atoms with Crippen molar-refractivity contribution in [2.24, 2.45) is 11.8 Å². The zero-order valence-electron chi connectivity index (χ0n) is 11.8. The standard InChI is InChI=1S/C13H17N3O5/c1-4-5-21-13(20)10(16-14)11(18)6(2)9-8(7(3)17)12(19)15-9/h4,6-9,17H,1,5H2,2-3H3,(H,15,19)/t6-,7-,8-,9-/m1/s1. The highest BCUT2D eigenvalue weighted by atomic mass is 16.5. The molecule has 0 aliphatic carbocycles. The molecule has 0 aromatic heterocycles. The molecule has 1 aliphatic heterocycles. The number of β-lactam (4-membered cyclic amide) rings is 1. The number of ketones is 1. The van der Waals surface area contributed by atoms with Gasteiger partial charge in [-0.05, 0) is 6.92 Å². The van der Waals surface area contributed by atoms with E-state index in [0.717, 1.165) is 0 Å². The van der Waals surface area contributed by atoms with Gasteiger partial charge in [-0.3, -0.25) is 9.59 Å². The second-order valence-corrected chi connectivity index (χ2v) is 4.79. The fourth-order valence-electron chi connectivity index (χ4n) is 2.14. The first kappa shape index (κ1) is 16.7. The molecule has 8 nitrogen and oxygen atoms in total. The molecule has 1 rings (SSSR count). The van der Waals surface area contributed by atoms with E-state index in [9.17, 15) is 19.5 Å². The Morgan fingerprint density at radius 1 is 1.57 bits per heavy atom. The first-order chi connectivity index (χ1) is 9.84. The third-order valence-corrected chi connectivity index (χ3v) is 3.33. The van der Waals surface area contributed by atoms with Crippen molar-refractivity contribution in [3.8, 4) is 0 Å². The van der Waals surface area contributed by atoms with Gasteiger partial charge in [0.2, 0.25) is 5.91 Å². The number of nitrogens with one attached hydrogen (secondary N) is 1. The Kier molecular flexibility index (Phi) is 5.52. The maximum Gasteiger partial charge on any atom is 0.441 e. The second-order valence-electron chi connectivity index (χ2n) is 4.79. The van der Waals surface area contributed by atoms with E-state index in [0.29, 0.717) is 0 Å². The van der Waals surface area contributed by atoms with Gasteiger partial charge in [0.1, 0.15) is 6.61 Å². The van der Waals surface area contributed by atoms with Gasteiger partial charge in [0.05, 0.1) is 18.1 Å². The normalized spacial score (nSPS) is 22.9. The van der Waals surface area contributed by atoms with E-state index in [-0.39, 0.29) is 12.5 Å². The van der Waals surface area contributed by atoms with Crippen molar-refractivity contribution in [1.29, 1.82) is 0 Å². The maximum atomic E-state index is 12.1. The molecule has 8 heteroatoms. The largest absolute Gasteiger partial charge is 0.453 e. The van der Waals surface area contributed by atoms with Crippen LogP contribution in [0.2, 0.25) is 0 Å². The first-order valence-electron chi connectivity index (χ1n) is 6.37. The molecule has 0 saturated carbocycles. The third kappa shape index (κ3) is 3.42. The molecule has 0 radical (unpaired) electrons. The van der Waals surface area contributed by atoms with E-state index >= 15 is 0 Å². The minimum atomic E-state index is -1.08. The van der Waals surface area contributed by atoms with Crippen molar-refractivity contribution >= 4 is 23.4 Å². The summed E-state index contributed by atoms with van der Waals surface area (Å²) in [5, 5.41) is 12.0. The van der Waals surface area contributed by atoms with Crippen LogP contribution >= 0.6 is 0 Å². The fourth-order valence-corrected chi connectivity index (χ4v) is 2.14. The fraction of sp³-hybridized carbons (Fsp3) is 0.538. The number of hydrogen-bond donors (Lipinski definition) is 2. The minimum absolute atomic E-state index is 0.129. The summed E-state index contributed by atoms with van der Waals surface area (Å²) in [5.74, 6) is -3.81. The predicted octanol–water partition coefficient (Wildman–Crippen LogP) is -0.913. The van der Waals surface area contributed by atoms with Gasteiger partial charge in [-0.15, -0.1) is 0 Å². The lowest BCUT2D eigenvalue weighted by Crippen LogP contribution is -2.66. The monoisotopic (exact) mass is 295 g/mol. The molecule has 0 unspecified atom stereocenters. The topological polar surface area (TPSA) is 129 Å². The van der Waals surface area contributed by atoms with Crippen molar-refractivity contribution in [2.75, 3.05) is 6.61 Å². The second kappa shape index (κ2) is 6.92. The SMILES string of the molecule is C=CCOC(=O)C(=[N+]=[N-])C(=O)[C@H](C)[C@H]1NC(=O)[C@@H]1[C@@H](C)O. The van der Waals surface area contributed by atoms with Crippen molar-refractivity contribution in [2.45, 2.75) is 26.0 Å². The molecule has 4 atom stereocenters. The average molecular weight is 295 g/mol. The molecule has 0 aromatic carbocycles. The lowest BCUT2D eigenvalue weighted by atomic mass is 9.76. The van der Waals surface area contributed by atoms with Crippen LogP contribution in [0.5, 0.6) is 0 Å². The number of esters is 1. The number of aliphatic hydroxyl groups is 1.